The third-order valence-electron chi connectivity index (χ3n) is 1.23. The van der Waals surface area contributed by atoms with Crippen LogP contribution in [0.3, 0.4) is 0 Å². The van der Waals surface area contributed by atoms with Gasteiger partial charge in [0, 0.05) is 0 Å². The first-order valence-corrected chi connectivity index (χ1v) is 3.57. The second-order valence-corrected chi connectivity index (χ2v) is 2.91. The molecule has 0 heterocycles. The molecule has 0 aromatic heterocycles. The quantitative estimate of drug-likeness (QED) is 0.522. The predicted octanol–water partition coefficient (Wildman–Crippen LogP) is 3.33. The van der Waals surface area contributed by atoms with Gasteiger partial charge in [-0.05, 0) is 18.4 Å². The maximum absolute atomic E-state index is 3.84. The van der Waals surface area contributed by atoms with E-state index in [1.807, 2.05) is 13.0 Å². The van der Waals surface area contributed by atoms with Gasteiger partial charge in [-0.25, -0.2) is 0 Å². The smallest absolute Gasteiger partial charge is 0.0287 e. The average Bonchev–Trinajstić information content (AvgIpc) is 1.82. The standard InChI is InChI=1S/C10H16/c1-8(2)6-7-10(5)9(3)4/h6-8H,3,5H2,1-2,4H3. The highest BCUT2D eigenvalue weighted by molar-refractivity contribution is 5.33. The Balaban J connectivity index is 3.91. The van der Waals surface area contributed by atoms with Gasteiger partial charge in [-0.2, -0.15) is 0 Å². The van der Waals surface area contributed by atoms with Crippen LogP contribution < -0.4 is 0 Å². The van der Waals surface area contributed by atoms with Crippen molar-refractivity contribution in [2.45, 2.75) is 20.8 Å². The second kappa shape index (κ2) is 4.10. The Bertz CT molecular complexity index is 159. The van der Waals surface area contributed by atoms with E-state index in [4.69, 9.17) is 0 Å². The molecule has 56 valence electrons. The molecule has 0 unspecified atom stereocenters. The topological polar surface area (TPSA) is 0 Å². The molecule has 0 aliphatic heterocycles. The van der Waals surface area contributed by atoms with Crippen LogP contribution in [0.4, 0.5) is 0 Å². The van der Waals surface area contributed by atoms with Gasteiger partial charge in [0.15, 0.2) is 0 Å². The van der Waals surface area contributed by atoms with Gasteiger partial charge in [0.2, 0.25) is 0 Å². The fourth-order valence-corrected chi connectivity index (χ4v) is 0.451. The van der Waals surface area contributed by atoms with Crippen LogP contribution in [-0.2, 0) is 0 Å². The van der Waals surface area contributed by atoms with E-state index in [0.29, 0.717) is 5.92 Å². The predicted molar refractivity (Wildman–Crippen MR) is 47.9 cm³/mol. The van der Waals surface area contributed by atoms with Crippen LogP contribution in [0.1, 0.15) is 20.8 Å². The van der Waals surface area contributed by atoms with Crippen molar-refractivity contribution in [1.29, 1.82) is 0 Å². The fraction of sp³-hybridized carbons (Fsp3) is 0.400. The van der Waals surface area contributed by atoms with E-state index in [2.05, 4.69) is 33.1 Å². The Morgan fingerprint density at radius 1 is 1.30 bits per heavy atom. The summed E-state index contributed by atoms with van der Waals surface area (Å²) in [4.78, 5) is 0. The Hall–Kier alpha value is -0.780. The molecule has 0 saturated carbocycles. The largest absolute Gasteiger partial charge is 0.0955 e. The van der Waals surface area contributed by atoms with Gasteiger partial charge in [-0.3, -0.25) is 0 Å². The second-order valence-electron chi connectivity index (χ2n) is 2.91. The maximum atomic E-state index is 3.84. The molecular formula is C10H16. The zero-order valence-electron chi connectivity index (χ0n) is 7.15. The van der Waals surface area contributed by atoms with Crippen LogP contribution in [-0.4, -0.2) is 0 Å². The van der Waals surface area contributed by atoms with Gasteiger partial charge in [0.1, 0.15) is 0 Å². The SMILES string of the molecule is C=C(C)C(=C)C=CC(C)C. The molecule has 0 aliphatic carbocycles. The molecule has 0 fully saturated rings. The van der Waals surface area contributed by atoms with Crippen molar-refractivity contribution in [1.82, 2.24) is 0 Å². The van der Waals surface area contributed by atoms with Gasteiger partial charge in [-0.1, -0.05) is 44.7 Å². The molecule has 0 saturated heterocycles. The zero-order valence-corrected chi connectivity index (χ0v) is 7.15. The third kappa shape index (κ3) is 4.13. The summed E-state index contributed by atoms with van der Waals surface area (Å²) in [6.45, 7) is 13.9. The minimum atomic E-state index is 0.594. The number of allylic oxidation sites excluding steroid dienone is 4. The monoisotopic (exact) mass is 136 g/mol. The third-order valence-corrected chi connectivity index (χ3v) is 1.23. The Morgan fingerprint density at radius 2 is 1.80 bits per heavy atom. The van der Waals surface area contributed by atoms with Gasteiger partial charge < -0.3 is 0 Å². The molecule has 0 aliphatic rings. The van der Waals surface area contributed by atoms with E-state index in [9.17, 15) is 0 Å². The summed E-state index contributed by atoms with van der Waals surface area (Å²) >= 11 is 0. The van der Waals surface area contributed by atoms with Crippen molar-refractivity contribution in [3.8, 4) is 0 Å². The van der Waals surface area contributed by atoms with Crippen molar-refractivity contribution in [2.75, 3.05) is 0 Å². The van der Waals surface area contributed by atoms with Crippen LogP contribution in [0, 0.1) is 5.92 Å². The number of hydrogen-bond acceptors (Lipinski definition) is 0. The minimum absolute atomic E-state index is 0.594. The first-order chi connectivity index (χ1) is 4.54. The Kier molecular flexibility index (Phi) is 3.78. The molecule has 0 bridgehead atoms. The molecule has 0 heteroatoms. The Labute approximate surface area is 64.0 Å². The van der Waals surface area contributed by atoms with Gasteiger partial charge in [0.05, 0.1) is 0 Å². The minimum Gasteiger partial charge on any atom is -0.0955 e. The van der Waals surface area contributed by atoms with Crippen molar-refractivity contribution >= 4 is 0 Å². The van der Waals surface area contributed by atoms with E-state index in [0.717, 1.165) is 11.1 Å². The lowest BCUT2D eigenvalue weighted by Crippen LogP contribution is -1.80. The molecule has 0 spiro atoms. The number of hydrogen-bond donors (Lipinski definition) is 0. The summed E-state index contributed by atoms with van der Waals surface area (Å²) in [6.07, 6.45) is 4.14. The normalized spacial score (nSPS) is 10.8. The molecule has 0 nitrogen and oxygen atoms in total. The molecule has 10 heavy (non-hydrogen) atoms. The summed E-state index contributed by atoms with van der Waals surface area (Å²) in [7, 11) is 0. The average molecular weight is 136 g/mol. The van der Waals surface area contributed by atoms with Crippen molar-refractivity contribution in [2.24, 2.45) is 5.92 Å². The first-order valence-electron chi connectivity index (χ1n) is 3.57. The lowest BCUT2D eigenvalue weighted by molar-refractivity contribution is 0.831. The molecule has 0 atom stereocenters. The number of rotatable bonds is 3. The zero-order chi connectivity index (χ0) is 8.15. The summed E-state index contributed by atoms with van der Waals surface area (Å²) in [5.41, 5.74) is 2.06. The summed E-state index contributed by atoms with van der Waals surface area (Å²) in [5, 5.41) is 0. The van der Waals surface area contributed by atoms with Gasteiger partial charge >= 0.3 is 0 Å². The Morgan fingerprint density at radius 3 is 2.10 bits per heavy atom. The van der Waals surface area contributed by atoms with Crippen LogP contribution in [0.2, 0.25) is 0 Å². The summed E-state index contributed by atoms with van der Waals surface area (Å²) < 4.78 is 0. The van der Waals surface area contributed by atoms with Crippen LogP contribution in [0.25, 0.3) is 0 Å². The van der Waals surface area contributed by atoms with Crippen molar-refractivity contribution in [3.05, 3.63) is 36.5 Å². The summed E-state index contributed by atoms with van der Waals surface area (Å²) in [6, 6.07) is 0. The maximum Gasteiger partial charge on any atom is -0.0287 e. The van der Waals surface area contributed by atoms with Crippen LogP contribution in [0.15, 0.2) is 36.5 Å². The van der Waals surface area contributed by atoms with Crippen LogP contribution >= 0.6 is 0 Å². The lowest BCUT2D eigenvalue weighted by atomic mass is 10.1. The van der Waals surface area contributed by atoms with Crippen molar-refractivity contribution < 1.29 is 0 Å². The lowest BCUT2D eigenvalue weighted by Gasteiger charge is -1.97. The van der Waals surface area contributed by atoms with E-state index in [1.54, 1.807) is 0 Å². The van der Waals surface area contributed by atoms with E-state index in [-0.39, 0.29) is 0 Å². The van der Waals surface area contributed by atoms with E-state index >= 15 is 0 Å². The van der Waals surface area contributed by atoms with Gasteiger partial charge in [0.25, 0.3) is 0 Å². The van der Waals surface area contributed by atoms with E-state index < -0.39 is 0 Å². The molecule has 0 aromatic carbocycles. The van der Waals surface area contributed by atoms with Crippen molar-refractivity contribution in [3.63, 3.8) is 0 Å². The first kappa shape index (κ1) is 9.22. The molecule has 0 radical (unpaired) electrons. The molecule has 0 amide bonds. The molecule has 0 rings (SSSR count). The van der Waals surface area contributed by atoms with E-state index in [1.165, 1.54) is 0 Å². The molecular weight excluding hydrogens is 120 g/mol. The van der Waals surface area contributed by atoms with Crippen LogP contribution in [0.5, 0.6) is 0 Å². The highest BCUT2D eigenvalue weighted by Gasteiger charge is 1.88. The molecule has 0 aromatic rings. The van der Waals surface area contributed by atoms with Gasteiger partial charge in [-0.15, -0.1) is 0 Å². The molecule has 0 N–H and O–H groups in total. The summed E-state index contributed by atoms with van der Waals surface area (Å²) in [5.74, 6) is 0.594. The highest BCUT2D eigenvalue weighted by atomic mass is 13.9. The highest BCUT2D eigenvalue weighted by Crippen LogP contribution is 2.06. The fourth-order valence-electron chi connectivity index (χ4n) is 0.451.